The average Bonchev–Trinajstić information content (AvgIpc) is 2.69. The highest BCUT2D eigenvalue weighted by atomic mass is 16.5. The maximum Gasteiger partial charge on any atom is 0.241 e. The molecule has 0 atom stereocenters. The van der Waals surface area contributed by atoms with Crippen molar-refractivity contribution in [3.63, 3.8) is 0 Å². The zero-order chi connectivity index (χ0) is 14.5. The van der Waals surface area contributed by atoms with Crippen molar-refractivity contribution in [3.05, 3.63) is 35.5 Å². The van der Waals surface area contributed by atoms with Gasteiger partial charge in [-0.05, 0) is 30.5 Å². The fraction of sp³-hybridized carbons (Fsp3) is 0.400. The Bertz CT molecular complexity index is 561. The van der Waals surface area contributed by atoms with E-state index < -0.39 is 0 Å². The summed E-state index contributed by atoms with van der Waals surface area (Å²) in [5, 5.41) is 13.3. The second-order valence-electron chi connectivity index (χ2n) is 4.76. The SMILES string of the molecule is CCCc1nn(C)c(Oc2ccc(CCO)cc2)c1N. The molecule has 0 unspecified atom stereocenters. The Morgan fingerprint density at radius 3 is 2.55 bits per heavy atom. The monoisotopic (exact) mass is 275 g/mol. The highest BCUT2D eigenvalue weighted by Crippen LogP contribution is 2.30. The molecule has 1 aromatic carbocycles. The number of aryl methyl sites for hydroxylation is 2. The van der Waals surface area contributed by atoms with E-state index in [9.17, 15) is 0 Å². The predicted molar refractivity (Wildman–Crippen MR) is 78.9 cm³/mol. The lowest BCUT2D eigenvalue weighted by atomic mass is 10.1. The van der Waals surface area contributed by atoms with E-state index >= 15 is 0 Å². The molecule has 5 nitrogen and oxygen atoms in total. The number of benzene rings is 1. The first kappa shape index (κ1) is 14.4. The summed E-state index contributed by atoms with van der Waals surface area (Å²) in [4.78, 5) is 0. The zero-order valence-electron chi connectivity index (χ0n) is 12.0. The minimum Gasteiger partial charge on any atom is -0.437 e. The molecule has 0 radical (unpaired) electrons. The first-order chi connectivity index (χ1) is 9.65. The van der Waals surface area contributed by atoms with Crippen molar-refractivity contribution in [1.29, 1.82) is 0 Å². The van der Waals surface area contributed by atoms with Crippen LogP contribution >= 0.6 is 0 Å². The smallest absolute Gasteiger partial charge is 0.241 e. The fourth-order valence-electron chi connectivity index (χ4n) is 2.09. The van der Waals surface area contributed by atoms with Gasteiger partial charge in [0.15, 0.2) is 0 Å². The standard InChI is InChI=1S/C15H21N3O2/c1-3-4-13-14(16)15(18(2)17-13)20-12-7-5-11(6-8-12)9-10-19/h5-8,19H,3-4,9-10,16H2,1-2H3. The number of aliphatic hydroxyl groups excluding tert-OH is 1. The molecule has 3 N–H and O–H groups in total. The predicted octanol–water partition coefficient (Wildman–Crippen LogP) is 2.28. The van der Waals surface area contributed by atoms with E-state index in [0.29, 0.717) is 23.7 Å². The third kappa shape index (κ3) is 3.11. The summed E-state index contributed by atoms with van der Waals surface area (Å²) in [6.45, 7) is 2.24. The van der Waals surface area contributed by atoms with Gasteiger partial charge >= 0.3 is 0 Å². The lowest BCUT2D eigenvalue weighted by Gasteiger charge is -2.07. The van der Waals surface area contributed by atoms with Gasteiger partial charge < -0.3 is 15.6 Å². The van der Waals surface area contributed by atoms with Crippen LogP contribution in [0.2, 0.25) is 0 Å². The Morgan fingerprint density at radius 1 is 1.25 bits per heavy atom. The fourth-order valence-corrected chi connectivity index (χ4v) is 2.09. The van der Waals surface area contributed by atoms with Crippen molar-refractivity contribution in [3.8, 4) is 11.6 Å². The molecule has 2 aromatic rings. The van der Waals surface area contributed by atoms with Gasteiger partial charge in [-0.25, -0.2) is 4.68 Å². The number of hydrogen-bond acceptors (Lipinski definition) is 4. The van der Waals surface area contributed by atoms with E-state index in [-0.39, 0.29) is 6.61 Å². The van der Waals surface area contributed by atoms with Crippen molar-refractivity contribution < 1.29 is 9.84 Å². The molecule has 0 aliphatic carbocycles. The maximum atomic E-state index is 8.89. The molecule has 1 heterocycles. The van der Waals surface area contributed by atoms with Crippen molar-refractivity contribution in [1.82, 2.24) is 9.78 Å². The van der Waals surface area contributed by atoms with Gasteiger partial charge in [-0.1, -0.05) is 25.5 Å². The Hall–Kier alpha value is -2.01. The van der Waals surface area contributed by atoms with E-state index in [1.165, 1.54) is 0 Å². The van der Waals surface area contributed by atoms with Crippen molar-refractivity contribution in [2.24, 2.45) is 7.05 Å². The number of anilines is 1. The molecule has 0 bridgehead atoms. The van der Waals surface area contributed by atoms with Gasteiger partial charge in [-0.15, -0.1) is 0 Å². The number of aromatic nitrogens is 2. The van der Waals surface area contributed by atoms with Gasteiger partial charge in [0.05, 0.1) is 5.69 Å². The van der Waals surface area contributed by atoms with E-state index in [1.54, 1.807) is 4.68 Å². The summed E-state index contributed by atoms with van der Waals surface area (Å²) in [5.41, 5.74) is 8.63. The Labute approximate surface area is 119 Å². The number of ether oxygens (including phenoxy) is 1. The number of nitrogens with two attached hydrogens (primary N) is 1. The highest BCUT2D eigenvalue weighted by Gasteiger charge is 2.14. The van der Waals surface area contributed by atoms with Gasteiger partial charge in [0, 0.05) is 13.7 Å². The largest absolute Gasteiger partial charge is 0.437 e. The highest BCUT2D eigenvalue weighted by molar-refractivity contribution is 5.54. The minimum atomic E-state index is 0.148. The van der Waals surface area contributed by atoms with E-state index in [4.69, 9.17) is 15.6 Å². The first-order valence-corrected chi connectivity index (χ1v) is 6.84. The van der Waals surface area contributed by atoms with Crippen LogP contribution < -0.4 is 10.5 Å². The molecule has 1 aromatic heterocycles. The van der Waals surface area contributed by atoms with E-state index in [0.717, 1.165) is 24.1 Å². The molecule has 5 heteroatoms. The lowest BCUT2D eigenvalue weighted by Crippen LogP contribution is -1.97. The molecule has 0 fully saturated rings. The second kappa shape index (κ2) is 6.43. The van der Waals surface area contributed by atoms with E-state index in [1.807, 2.05) is 31.3 Å². The second-order valence-corrected chi connectivity index (χ2v) is 4.76. The van der Waals surface area contributed by atoms with Crippen molar-refractivity contribution in [2.75, 3.05) is 12.3 Å². The normalized spacial score (nSPS) is 10.8. The van der Waals surface area contributed by atoms with Crippen LogP contribution in [0.4, 0.5) is 5.69 Å². The Morgan fingerprint density at radius 2 is 1.95 bits per heavy atom. The number of rotatable bonds is 6. The van der Waals surface area contributed by atoms with Gasteiger partial charge in [-0.3, -0.25) is 0 Å². The molecular formula is C15H21N3O2. The Balaban J connectivity index is 2.17. The molecule has 20 heavy (non-hydrogen) atoms. The molecule has 2 rings (SSSR count). The third-order valence-electron chi connectivity index (χ3n) is 3.13. The van der Waals surface area contributed by atoms with Crippen LogP contribution in [0.3, 0.4) is 0 Å². The van der Waals surface area contributed by atoms with Crippen LogP contribution in [0.1, 0.15) is 24.6 Å². The van der Waals surface area contributed by atoms with Gasteiger partial charge in [-0.2, -0.15) is 5.10 Å². The van der Waals surface area contributed by atoms with Gasteiger partial charge in [0.2, 0.25) is 5.88 Å². The summed E-state index contributed by atoms with van der Waals surface area (Å²) in [6.07, 6.45) is 2.49. The average molecular weight is 275 g/mol. The molecule has 0 saturated carbocycles. The third-order valence-corrected chi connectivity index (χ3v) is 3.13. The minimum absolute atomic E-state index is 0.148. The summed E-state index contributed by atoms with van der Waals surface area (Å²) >= 11 is 0. The van der Waals surface area contributed by atoms with Gasteiger partial charge in [0.1, 0.15) is 11.4 Å². The van der Waals surface area contributed by atoms with Crippen molar-refractivity contribution >= 4 is 5.69 Å². The summed E-state index contributed by atoms with van der Waals surface area (Å²) < 4.78 is 7.48. The lowest BCUT2D eigenvalue weighted by molar-refractivity contribution is 0.299. The van der Waals surface area contributed by atoms with Crippen LogP contribution in [-0.4, -0.2) is 21.5 Å². The quantitative estimate of drug-likeness (QED) is 0.848. The molecule has 108 valence electrons. The number of nitrogens with zero attached hydrogens (tertiary/aromatic N) is 2. The molecular weight excluding hydrogens is 254 g/mol. The zero-order valence-corrected chi connectivity index (χ0v) is 12.0. The van der Waals surface area contributed by atoms with Gasteiger partial charge in [0.25, 0.3) is 0 Å². The van der Waals surface area contributed by atoms with Crippen LogP contribution in [0.25, 0.3) is 0 Å². The van der Waals surface area contributed by atoms with Crippen LogP contribution in [0.15, 0.2) is 24.3 Å². The Kier molecular flexibility index (Phi) is 4.63. The van der Waals surface area contributed by atoms with Crippen molar-refractivity contribution in [2.45, 2.75) is 26.2 Å². The molecule has 0 saturated heterocycles. The number of hydrogen-bond donors (Lipinski definition) is 2. The van der Waals surface area contributed by atoms with Crippen LogP contribution in [-0.2, 0) is 19.9 Å². The summed E-state index contributed by atoms with van der Waals surface area (Å²) in [6, 6.07) is 7.62. The van der Waals surface area contributed by atoms with Crippen LogP contribution in [0, 0.1) is 0 Å². The number of aliphatic hydroxyl groups is 1. The molecule has 0 aliphatic heterocycles. The van der Waals surface area contributed by atoms with Crippen LogP contribution in [0.5, 0.6) is 11.6 Å². The maximum absolute atomic E-state index is 8.89. The molecule has 0 amide bonds. The molecule has 0 spiro atoms. The topological polar surface area (TPSA) is 73.3 Å². The molecule has 0 aliphatic rings. The van der Waals surface area contributed by atoms with E-state index in [2.05, 4.69) is 12.0 Å². The summed E-state index contributed by atoms with van der Waals surface area (Å²) in [7, 11) is 1.82. The first-order valence-electron chi connectivity index (χ1n) is 6.84. The number of nitrogen functional groups attached to an aromatic ring is 1. The summed E-state index contributed by atoms with van der Waals surface area (Å²) in [5.74, 6) is 1.28.